The van der Waals surface area contributed by atoms with Crippen LogP contribution in [0.5, 0.6) is 0 Å². The lowest BCUT2D eigenvalue weighted by molar-refractivity contribution is -0.164. The van der Waals surface area contributed by atoms with E-state index in [1.165, 1.54) is 0 Å². The number of carbonyl (C=O) groups is 1. The molecule has 1 aromatic rings. The highest BCUT2D eigenvalue weighted by Gasteiger charge is 2.54. The van der Waals surface area contributed by atoms with Crippen LogP contribution in [0.3, 0.4) is 0 Å². The largest absolute Gasteiger partial charge is 0.346 e. The second kappa shape index (κ2) is 6.66. The summed E-state index contributed by atoms with van der Waals surface area (Å²) in [6, 6.07) is 10.3. The number of amides is 1. The molecule has 23 heavy (non-hydrogen) atoms. The highest BCUT2D eigenvalue weighted by atomic mass is 35.5. The van der Waals surface area contributed by atoms with Gasteiger partial charge in [0.25, 0.3) is 0 Å². The van der Waals surface area contributed by atoms with Crippen molar-refractivity contribution in [2.75, 3.05) is 5.88 Å². The lowest BCUT2D eigenvalue weighted by Gasteiger charge is -2.42. The van der Waals surface area contributed by atoms with E-state index in [1.807, 2.05) is 29.2 Å². The van der Waals surface area contributed by atoms with Gasteiger partial charge in [0.2, 0.25) is 5.91 Å². The Kier molecular flexibility index (Phi) is 4.79. The fourth-order valence-corrected chi connectivity index (χ4v) is 4.22. The molecular weight excluding hydrogens is 310 g/mol. The number of hydrogen-bond acceptors (Lipinski definition) is 2. The summed E-state index contributed by atoms with van der Waals surface area (Å²) in [5.41, 5.74) is 0.636. The van der Waals surface area contributed by atoms with Gasteiger partial charge in [-0.1, -0.05) is 42.5 Å². The van der Waals surface area contributed by atoms with E-state index in [1.54, 1.807) is 0 Å². The van der Waals surface area contributed by atoms with E-state index in [2.05, 4.69) is 32.1 Å². The molecule has 0 N–H and O–H groups in total. The number of piperidine rings is 1. The third-order valence-corrected chi connectivity index (χ3v) is 5.17. The Morgan fingerprint density at radius 3 is 2.78 bits per heavy atom. The second-order valence-corrected chi connectivity index (χ2v) is 7.07. The normalized spacial score (nSPS) is 34.1. The van der Waals surface area contributed by atoms with Crippen molar-refractivity contribution in [3.63, 3.8) is 0 Å². The molecule has 4 heteroatoms. The first-order valence-corrected chi connectivity index (χ1v) is 8.84. The number of rotatable bonds is 4. The van der Waals surface area contributed by atoms with Crippen molar-refractivity contribution in [1.82, 2.24) is 4.90 Å². The van der Waals surface area contributed by atoms with Crippen LogP contribution in [0.2, 0.25) is 0 Å². The van der Waals surface area contributed by atoms with Gasteiger partial charge < -0.3 is 9.64 Å². The summed E-state index contributed by atoms with van der Waals surface area (Å²) in [6.07, 6.45) is 6.33. The summed E-state index contributed by atoms with van der Waals surface area (Å²) in [5.74, 6) is 1.05. The van der Waals surface area contributed by atoms with Gasteiger partial charge in [-0.25, -0.2) is 0 Å². The summed E-state index contributed by atoms with van der Waals surface area (Å²) in [5, 5.41) is 0. The van der Waals surface area contributed by atoms with E-state index in [0.29, 0.717) is 18.2 Å². The first-order chi connectivity index (χ1) is 11.0. The Hall–Kier alpha value is -1.32. The van der Waals surface area contributed by atoms with E-state index in [4.69, 9.17) is 16.3 Å². The van der Waals surface area contributed by atoms with Gasteiger partial charge in [-0.15, -0.1) is 11.6 Å². The molecule has 124 valence electrons. The van der Waals surface area contributed by atoms with Crippen LogP contribution in [0.25, 0.3) is 0 Å². The van der Waals surface area contributed by atoms with Crippen molar-refractivity contribution in [1.29, 1.82) is 0 Å². The second-order valence-electron chi connectivity index (χ2n) is 6.76. The zero-order chi connectivity index (χ0) is 16.4. The molecule has 0 spiro atoms. The molecule has 2 fully saturated rings. The van der Waals surface area contributed by atoms with Crippen molar-refractivity contribution in [3.05, 3.63) is 48.0 Å². The minimum absolute atomic E-state index is 0.0534. The van der Waals surface area contributed by atoms with E-state index >= 15 is 0 Å². The van der Waals surface area contributed by atoms with E-state index in [9.17, 15) is 4.79 Å². The van der Waals surface area contributed by atoms with Crippen molar-refractivity contribution in [2.24, 2.45) is 5.92 Å². The van der Waals surface area contributed by atoms with Gasteiger partial charge in [-0.2, -0.15) is 0 Å². The maximum Gasteiger partial charge on any atom is 0.225 e. The van der Waals surface area contributed by atoms with Gasteiger partial charge in [0.15, 0.2) is 0 Å². The van der Waals surface area contributed by atoms with Gasteiger partial charge in [0.1, 0.15) is 11.8 Å². The molecule has 3 nitrogen and oxygen atoms in total. The molecule has 0 unspecified atom stereocenters. The van der Waals surface area contributed by atoms with Crippen LogP contribution in [0.1, 0.15) is 44.8 Å². The Balaban J connectivity index is 1.80. The number of fused-ring (bicyclic) bond motifs is 1. The zero-order valence-corrected chi connectivity index (χ0v) is 14.5. The number of allylic oxidation sites excluding steroid dienone is 2. The Bertz CT molecular complexity index is 588. The molecule has 2 aliphatic rings. The first-order valence-electron chi connectivity index (χ1n) is 8.31. The van der Waals surface area contributed by atoms with Crippen LogP contribution < -0.4 is 0 Å². The van der Waals surface area contributed by atoms with E-state index in [-0.39, 0.29) is 18.1 Å². The molecule has 1 aromatic carbocycles. The summed E-state index contributed by atoms with van der Waals surface area (Å²) in [7, 11) is 0. The average molecular weight is 334 g/mol. The molecular formula is C19H24ClNO2. The Morgan fingerprint density at radius 1 is 1.35 bits per heavy atom. The Labute approximate surface area is 143 Å². The van der Waals surface area contributed by atoms with Gasteiger partial charge in [-0.05, 0) is 38.2 Å². The van der Waals surface area contributed by atoms with Crippen LogP contribution in [0.15, 0.2) is 42.5 Å². The molecule has 0 bridgehead atoms. The first kappa shape index (κ1) is 16.5. The number of hydrogen-bond donors (Lipinski definition) is 0. The molecule has 4 atom stereocenters. The standard InChI is InChI=1S/C19H24ClNO2/c1-14-18(16-9-4-3-5-10-16)23-19(2)13-15(8-6-7-11-20)12-17(22)21(14)19/h3-7,9-10,14-15,18H,8,11-13H2,1-2H3/b7-6-/t14-,15+,18-,19+/m1/s1. The maximum atomic E-state index is 12.7. The molecule has 2 saturated heterocycles. The van der Waals surface area contributed by atoms with Crippen molar-refractivity contribution >= 4 is 17.5 Å². The Morgan fingerprint density at radius 2 is 2.09 bits per heavy atom. The fourth-order valence-electron chi connectivity index (χ4n) is 4.09. The van der Waals surface area contributed by atoms with Crippen molar-refractivity contribution in [3.8, 4) is 0 Å². The van der Waals surface area contributed by atoms with Crippen molar-refractivity contribution in [2.45, 2.75) is 51.0 Å². The number of alkyl halides is 1. The minimum atomic E-state index is -0.505. The molecule has 2 aliphatic heterocycles. The highest BCUT2D eigenvalue weighted by Crippen LogP contribution is 2.47. The van der Waals surface area contributed by atoms with Crippen LogP contribution in [-0.4, -0.2) is 28.5 Å². The van der Waals surface area contributed by atoms with Crippen LogP contribution in [0.4, 0.5) is 0 Å². The lowest BCUT2D eigenvalue weighted by Crippen LogP contribution is -2.53. The molecule has 2 heterocycles. The topological polar surface area (TPSA) is 29.5 Å². The van der Waals surface area contributed by atoms with E-state index < -0.39 is 5.72 Å². The summed E-state index contributed by atoms with van der Waals surface area (Å²) in [4.78, 5) is 14.7. The zero-order valence-electron chi connectivity index (χ0n) is 13.7. The maximum absolute atomic E-state index is 12.7. The monoisotopic (exact) mass is 333 g/mol. The predicted molar refractivity (Wildman–Crippen MR) is 92.2 cm³/mol. The third-order valence-electron chi connectivity index (χ3n) is 4.99. The van der Waals surface area contributed by atoms with Crippen molar-refractivity contribution < 1.29 is 9.53 Å². The number of ether oxygens (including phenoxy) is 1. The van der Waals surface area contributed by atoms with Crippen LogP contribution in [-0.2, 0) is 9.53 Å². The molecule has 0 aromatic heterocycles. The molecule has 0 aliphatic carbocycles. The number of benzene rings is 1. The quantitative estimate of drug-likeness (QED) is 0.607. The van der Waals surface area contributed by atoms with Gasteiger partial charge in [0.05, 0.1) is 6.04 Å². The van der Waals surface area contributed by atoms with Crippen LogP contribution in [0, 0.1) is 5.92 Å². The van der Waals surface area contributed by atoms with Gasteiger partial charge >= 0.3 is 0 Å². The molecule has 0 saturated carbocycles. The third kappa shape index (κ3) is 3.17. The van der Waals surface area contributed by atoms with Gasteiger partial charge in [0, 0.05) is 12.3 Å². The van der Waals surface area contributed by atoms with Crippen LogP contribution >= 0.6 is 11.6 Å². The predicted octanol–water partition coefficient (Wildman–Crippen LogP) is 4.29. The summed E-state index contributed by atoms with van der Waals surface area (Å²) in [6.45, 7) is 4.15. The smallest absolute Gasteiger partial charge is 0.225 e. The van der Waals surface area contributed by atoms with E-state index in [0.717, 1.165) is 18.4 Å². The number of halogens is 1. The fraction of sp³-hybridized carbons (Fsp3) is 0.526. The highest BCUT2D eigenvalue weighted by molar-refractivity contribution is 6.18. The molecule has 0 radical (unpaired) electrons. The molecule has 3 rings (SSSR count). The minimum Gasteiger partial charge on any atom is -0.346 e. The van der Waals surface area contributed by atoms with Gasteiger partial charge in [-0.3, -0.25) is 4.79 Å². The number of carbonyl (C=O) groups excluding carboxylic acids is 1. The lowest BCUT2D eigenvalue weighted by atomic mass is 9.86. The summed E-state index contributed by atoms with van der Waals surface area (Å²) < 4.78 is 6.41. The SMILES string of the molecule is C[C@@H]1[C@H](c2ccccc2)O[C@@]2(C)C[C@@H](C/C=C\CCl)CC(=O)N12. The summed E-state index contributed by atoms with van der Waals surface area (Å²) >= 11 is 5.68. The number of nitrogens with zero attached hydrogens (tertiary/aromatic N) is 1. The average Bonchev–Trinajstić information content (AvgIpc) is 2.80. The molecule has 1 amide bonds.